The third kappa shape index (κ3) is 10.6. The number of rotatable bonds is 19. The molecule has 64 heavy (non-hydrogen) atoms. The number of anilines is 2. The predicted molar refractivity (Wildman–Crippen MR) is 220 cm³/mol. The average Bonchev–Trinajstić information content (AvgIpc) is 4.10. The summed E-state index contributed by atoms with van der Waals surface area (Å²) in [6.07, 6.45) is -6.06. The van der Waals surface area contributed by atoms with Gasteiger partial charge in [0.25, 0.3) is 0 Å². The number of aromatic nitrogens is 7. The quantitative estimate of drug-likeness (QED) is 0.0409. The number of carbonyl (C=O) groups is 2. The molecule has 0 spiro atoms. The summed E-state index contributed by atoms with van der Waals surface area (Å²) in [6.45, 7) is 2.01. The van der Waals surface area contributed by atoms with E-state index in [9.17, 15) is 43.3 Å². The highest BCUT2D eigenvalue weighted by molar-refractivity contribution is 7.53. The van der Waals surface area contributed by atoms with E-state index in [2.05, 4.69) is 31.5 Å². The van der Waals surface area contributed by atoms with E-state index in [-0.39, 0.29) is 42.2 Å². The van der Waals surface area contributed by atoms with Crippen LogP contribution in [-0.4, -0.2) is 146 Å². The highest BCUT2D eigenvalue weighted by Gasteiger charge is 2.58. The molecule has 348 valence electrons. The molecule has 3 aliphatic heterocycles. The minimum atomic E-state index is -5.26. The predicted octanol–water partition coefficient (Wildman–Crippen LogP) is 0.00910. The Hall–Kier alpha value is -4.60. The number of nitrogens with zero attached hydrogens (tertiary/aromatic N) is 8. The van der Waals surface area contributed by atoms with Gasteiger partial charge in [-0.1, -0.05) is 6.08 Å². The molecule has 0 radical (unpaired) electrons. The third-order valence-corrected chi connectivity index (χ3v) is 13.7. The molecular weight excluding hydrogens is 910 g/mol. The van der Waals surface area contributed by atoms with Crippen LogP contribution in [0.25, 0.3) is 11.2 Å². The van der Waals surface area contributed by atoms with Crippen LogP contribution in [0.1, 0.15) is 43.8 Å². The van der Waals surface area contributed by atoms with Crippen LogP contribution in [0, 0.1) is 0 Å². The lowest BCUT2D eigenvalue weighted by Gasteiger charge is -2.31. The van der Waals surface area contributed by atoms with Crippen LogP contribution in [0.15, 0.2) is 53.3 Å². The van der Waals surface area contributed by atoms with E-state index in [4.69, 9.17) is 44.2 Å². The number of phosphoric acid groups is 1. The van der Waals surface area contributed by atoms with Crippen molar-refractivity contribution in [2.45, 2.75) is 93.1 Å². The summed E-state index contributed by atoms with van der Waals surface area (Å²) >= 11 is 1.26. The molecule has 4 aromatic rings. The molecule has 1 amide bonds. The number of nitrogen functional groups attached to an aromatic ring is 2. The number of nitrogens with two attached hydrogens (primary N) is 2. The molecule has 0 aromatic carbocycles. The van der Waals surface area contributed by atoms with Gasteiger partial charge in [0.05, 0.1) is 30.7 Å². The topological polar surface area (TPSA) is 360 Å². The molecule has 7 rings (SSSR count). The fourth-order valence-electron chi connectivity index (χ4n) is 7.50. The Labute approximate surface area is 366 Å². The van der Waals surface area contributed by atoms with Gasteiger partial charge in [-0.15, -0.1) is 17.9 Å². The van der Waals surface area contributed by atoms with Gasteiger partial charge in [-0.2, -0.15) is 4.98 Å². The van der Waals surface area contributed by atoms with Gasteiger partial charge in [0.15, 0.2) is 36.3 Å². The maximum Gasteiger partial charge on any atom is 0.469 e. The smallest absolute Gasteiger partial charge is 0.455 e. The Bertz CT molecular complexity index is 2450. The molecule has 3 fully saturated rings. The van der Waals surface area contributed by atoms with Gasteiger partial charge < -0.3 is 64.4 Å². The van der Waals surface area contributed by atoms with Gasteiger partial charge in [-0.3, -0.25) is 23.0 Å². The molecule has 0 aliphatic carbocycles. The summed E-state index contributed by atoms with van der Waals surface area (Å²) in [4.78, 5) is 93.1. The van der Waals surface area contributed by atoms with E-state index in [1.54, 1.807) is 17.0 Å². The van der Waals surface area contributed by atoms with Crippen LogP contribution in [-0.2, 0) is 57.9 Å². The van der Waals surface area contributed by atoms with E-state index < -0.39 is 107 Å². The normalized spacial score (nSPS) is 27.4. The standard InChI is InChI=1S/C35H46N10O16P2S/c1-3-4-6-23(46)43(2)19(11-18-14-64-17-41-18)34(48)61-27-20(58-32(26(27)47)45-16-40-25-30(37)38-15-39-31(25)45)12-56-62(50,51)29-21(13-57-63(52,53)54)59-33(28(29)60-24-7-5-10-55-24)44-9-8-22(36)42-35(44)49/h3,8-9,14-17,19-21,24,26-29,32-33,47H,1,4-7,10-13H2,2H3,(H,50,51)(H2,36,42,49)(H2,37,38,39)(H2,52,53,54)/t19?,20-,21-,24?,26-,27-,28-,29-,32-,33-/m1/s1. The summed E-state index contributed by atoms with van der Waals surface area (Å²) in [5, 5.41) is 13.6. The van der Waals surface area contributed by atoms with E-state index >= 15 is 0 Å². The molecule has 29 heteroatoms. The van der Waals surface area contributed by atoms with Crippen molar-refractivity contribution in [2.75, 3.05) is 38.3 Å². The molecule has 8 N–H and O–H groups in total. The molecule has 0 bridgehead atoms. The monoisotopic (exact) mass is 956 g/mol. The van der Waals surface area contributed by atoms with Crippen LogP contribution in [0.5, 0.6) is 0 Å². The molecule has 0 saturated carbocycles. The number of carbonyl (C=O) groups excluding carboxylic acids is 2. The van der Waals surface area contributed by atoms with Gasteiger partial charge in [-0.25, -0.2) is 34.1 Å². The average molecular weight is 957 g/mol. The van der Waals surface area contributed by atoms with E-state index in [0.29, 0.717) is 25.0 Å². The maximum atomic E-state index is 14.7. The Kier molecular flexibility index (Phi) is 14.7. The number of phosphoric ester groups is 1. The minimum Gasteiger partial charge on any atom is -0.455 e. The van der Waals surface area contributed by atoms with Crippen LogP contribution in [0.4, 0.5) is 11.6 Å². The number of amides is 1. The Morgan fingerprint density at radius 1 is 1.08 bits per heavy atom. The Morgan fingerprint density at radius 3 is 2.53 bits per heavy atom. The summed E-state index contributed by atoms with van der Waals surface area (Å²) in [7, 11) is -9.07. The van der Waals surface area contributed by atoms with Crippen molar-refractivity contribution in [1.82, 2.24) is 39.0 Å². The number of thiazole rings is 1. The molecule has 3 saturated heterocycles. The molecule has 3 aliphatic rings. The maximum absolute atomic E-state index is 14.7. The summed E-state index contributed by atoms with van der Waals surface area (Å²) < 4.78 is 69.2. The first kappa shape index (κ1) is 47.4. The summed E-state index contributed by atoms with van der Waals surface area (Å²) in [5.74, 6) is -1.57. The van der Waals surface area contributed by atoms with Gasteiger partial charge in [-0.05, 0) is 18.9 Å². The van der Waals surface area contributed by atoms with Crippen LogP contribution >= 0.6 is 26.8 Å². The fraction of sp³-hybridized carbons (Fsp3) is 0.543. The van der Waals surface area contributed by atoms with Crippen molar-refractivity contribution >= 4 is 61.4 Å². The van der Waals surface area contributed by atoms with E-state index in [1.807, 2.05) is 0 Å². The molecule has 3 unspecified atom stereocenters. The molecule has 7 heterocycles. The number of allylic oxidation sites excluding steroid dienone is 1. The van der Waals surface area contributed by atoms with E-state index in [0.717, 1.165) is 10.9 Å². The van der Waals surface area contributed by atoms with Crippen molar-refractivity contribution in [2.24, 2.45) is 0 Å². The minimum absolute atomic E-state index is 0.000481. The van der Waals surface area contributed by atoms with Crippen LogP contribution in [0.3, 0.4) is 0 Å². The second-order valence-corrected chi connectivity index (χ2v) is 18.8. The number of ether oxygens (including phenoxy) is 5. The Balaban J connectivity index is 1.22. The number of aliphatic hydroxyl groups is 1. The first-order valence-electron chi connectivity index (χ1n) is 19.6. The van der Waals surface area contributed by atoms with Crippen molar-refractivity contribution < 1.29 is 71.2 Å². The summed E-state index contributed by atoms with van der Waals surface area (Å²) in [5.41, 5.74) is 11.1. The largest absolute Gasteiger partial charge is 0.469 e. The second-order valence-electron chi connectivity index (χ2n) is 14.9. The number of imidazole rings is 1. The molecule has 26 nitrogen and oxygen atoms in total. The lowest BCUT2D eigenvalue weighted by Crippen LogP contribution is -2.48. The van der Waals surface area contributed by atoms with Gasteiger partial charge >= 0.3 is 27.1 Å². The summed E-state index contributed by atoms with van der Waals surface area (Å²) in [6, 6.07) is -0.0276. The zero-order valence-electron chi connectivity index (χ0n) is 33.9. The van der Waals surface area contributed by atoms with Gasteiger partial charge in [0.1, 0.15) is 53.8 Å². The SMILES string of the molecule is C=CCCC(=O)N(C)C(Cc1cscn1)C(=O)O[C@H]1[C@@H](O)[C@H](n2cnc3c(N)ncnc32)O[C@@H]1COP(=O)(O)[C@H]1[C@@H](OC2CCCO2)[C@H](n2ccc(N)nc2=O)O[C@@H]1COP(=O)(O)O. The lowest BCUT2D eigenvalue weighted by molar-refractivity contribution is -0.170. The number of likely N-dealkylation sites (N-methyl/N-ethyl adjacent to an activating group) is 1. The highest BCUT2D eigenvalue weighted by Crippen LogP contribution is 2.58. The van der Waals surface area contributed by atoms with Crippen molar-refractivity contribution in [1.29, 1.82) is 0 Å². The molecule has 11 atom stereocenters. The van der Waals surface area contributed by atoms with Gasteiger partial charge in [0, 0.05) is 44.5 Å². The first-order valence-corrected chi connectivity index (χ1v) is 23.7. The number of esters is 1. The third-order valence-electron chi connectivity index (χ3n) is 10.6. The number of hydrogen-bond acceptors (Lipinski definition) is 21. The fourth-order valence-corrected chi connectivity index (χ4v) is 10.1. The van der Waals surface area contributed by atoms with Crippen molar-refractivity contribution in [3.63, 3.8) is 0 Å². The van der Waals surface area contributed by atoms with Crippen molar-refractivity contribution in [3.05, 3.63) is 64.6 Å². The first-order chi connectivity index (χ1) is 30.5. The zero-order valence-corrected chi connectivity index (χ0v) is 36.5. The van der Waals surface area contributed by atoms with Crippen LogP contribution in [0.2, 0.25) is 0 Å². The number of fused-ring (bicyclic) bond motifs is 1. The Morgan fingerprint density at radius 2 is 1.84 bits per heavy atom. The molecule has 4 aromatic heterocycles. The number of aliphatic hydroxyl groups excluding tert-OH is 1. The molecular formula is C35H46N10O16P2S. The highest BCUT2D eigenvalue weighted by atomic mass is 32.1. The van der Waals surface area contributed by atoms with Crippen molar-refractivity contribution in [3.8, 4) is 0 Å². The van der Waals surface area contributed by atoms with Gasteiger partial charge in [0.2, 0.25) is 5.91 Å². The zero-order chi connectivity index (χ0) is 45.9. The lowest BCUT2D eigenvalue weighted by atomic mass is 10.1. The second kappa shape index (κ2) is 19.9. The van der Waals surface area contributed by atoms with E-state index in [1.165, 1.54) is 46.4 Å². The van der Waals surface area contributed by atoms with Crippen LogP contribution < -0.4 is 17.2 Å². The number of hydrogen-bond donors (Lipinski definition) is 6.